The Morgan fingerprint density at radius 2 is 2.40 bits per heavy atom. The zero-order valence-electron chi connectivity index (χ0n) is 6.50. The van der Waals surface area contributed by atoms with E-state index in [0.29, 0.717) is 13.2 Å². The van der Waals surface area contributed by atoms with E-state index in [4.69, 9.17) is 14.2 Å². The molecule has 3 heteroatoms. The molecule has 0 saturated carbocycles. The molecule has 1 saturated heterocycles. The molecule has 0 radical (unpaired) electrons. The third kappa shape index (κ3) is 1.94. The second-order valence-electron chi connectivity index (χ2n) is 2.38. The van der Waals surface area contributed by atoms with E-state index >= 15 is 0 Å². The van der Waals surface area contributed by atoms with E-state index in [1.165, 1.54) is 0 Å². The van der Waals surface area contributed by atoms with E-state index in [-0.39, 0.29) is 12.4 Å². The van der Waals surface area contributed by atoms with E-state index < -0.39 is 0 Å². The average molecular weight is 146 g/mol. The maximum absolute atomic E-state index is 5.40. The lowest BCUT2D eigenvalue weighted by Gasteiger charge is -2.07. The minimum atomic E-state index is -0.130. The van der Waals surface area contributed by atoms with Crippen LogP contribution in [0.2, 0.25) is 0 Å². The van der Waals surface area contributed by atoms with Crippen LogP contribution < -0.4 is 0 Å². The Morgan fingerprint density at radius 3 is 2.90 bits per heavy atom. The van der Waals surface area contributed by atoms with Crippen molar-refractivity contribution >= 4 is 0 Å². The Kier molecular flexibility index (Phi) is 3.12. The van der Waals surface area contributed by atoms with Crippen molar-refractivity contribution in [1.29, 1.82) is 0 Å². The van der Waals surface area contributed by atoms with Gasteiger partial charge in [0.2, 0.25) is 0 Å². The number of ether oxygens (including phenoxy) is 3. The molecule has 1 fully saturated rings. The van der Waals surface area contributed by atoms with Gasteiger partial charge in [-0.05, 0) is 6.42 Å². The van der Waals surface area contributed by atoms with E-state index in [1.54, 1.807) is 7.11 Å². The van der Waals surface area contributed by atoms with Gasteiger partial charge in [0.25, 0.3) is 0 Å². The standard InChI is InChI=1S/C7H14O3/c1-3-6-4-9-7(10-6)5-8-2/h6-7H,3-5H2,1-2H3. The van der Waals surface area contributed by atoms with Gasteiger partial charge in [0.1, 0.15) is 0 Å². The monoisotopic (exact) mass is 146 g/mol. The predicted octanol–water partition coefficient (Wildman–Crippen LogP) is 0.784. The van der Waals surface area contributed by atoms with Gasteiger partial charge in [-0.25, -0.2) is 0 Å². The minimum Gasteiger partial charge on any atom is -0.379 e. The van der Waals surface area contributed by atoms with Gasteiger partial charge in [-0.15, -0.1) is 0 Å². The number of methoxy groups -OCH3 is 1. The molecule has 0 aromatic carbocycles. The fourth-order valence-corrected chi connectivity index (χ4v) is 0.945. The summed E-state index contributed by atoms with van der Waals surface area (Å²) in [7, 11) is 1.64. The van der Waals surface area contributed by atoms with Crippen molar-refractivity contribution in [3.8, 4) is 0 Å². The van der Waals surface area contributed by atoms with Crippen molar-refractivity contribution < 1.29 is 14.2 Å². The van der Waals surface area contributed by atoms with Gasteiger partial charge in [0.05, 0.1) is 19.3 Å². The summed E-state index contributed by atoms with van der Waals surface area (Å²) >= 11 is 0. The lowest BCUT2D eigenvalue weighted by atomic mass is 10.3. The lowest BCUT2D eigenvalue weighted by molar-refractivity contribution is -0.0966. The first-order valence-electron chi connectivity index (χ1n) is 3.62. The van der Waals surface area contributed by atoms with E-state index in [0.717, 1.165) is 6.42 Å². The summed E-state index contributed by atoms with van der Waals surface area (Å²) < 4.78 is 15.5. The Labute approximate surface area is 61.3 Å². The molecule has 0 amide bonds. The molecule has 3 nitrogen and oxygen atoms in total. The number of hydrogen-bond acceptors (Lipinski definition) is 3. The zero-order valence-corrected chi connectivity index (χ0v) is 6.50. The van der Waals surface area contributed by atoms with Gasteiger partial charge in [-0.1, -0.05) is 6.92 Å². The quantitative estimate of drug-likeness (QED) is 0.589. The molecular formula is C7H14O3. The van der Waals surface area contributed by atoms with Gasteiger partial charge >= 0.3 is 0 Å². The topological polar surface area (TPSA) is 27.7 Å². The second-order valence-corrected chi connectivity index (χ2v) is 2.38. The van der Waals surface area contributed by atoms with Crippen LogP contribution in [0, 0.1) is 0 Å². The van der Waals surface area contributed by atoms with Crippen LogP contribution in [0.5, 0.6) is 0 Å². The Balaban J connectivity index is 2.15. The molecule has 0 N–H and O–H groups in total. The molecular weight excluding hydrogens is 132 g/mol. The van der Waals surface area contributed by atoms with Crippen molar-refractivity contribution in [3.05, 3.63) is 0 Å². The van der Waals surface area contributed by atoms with Gasteiger partial charge in [-0.2, -0.15) is 0 Å². The Hall–Kier alpha value is -0.120. The van der Waals surface area contributed by atoms with E-state index in [9.17, 15) is 0 Å². The fraction of sp³-hybridized carbons (Fsp3) is 1.00. The van der Waals surface area contributed by atoms with Gasteiger partial charge < -0.3 is 14.2 Å². The first-order valence-corrected chi connectivity index (χ1v) is 3.62. The van der Waals surface area contributed by atoms with Crippen LogP contribution in [0.15, 0.2) is 0 Å². The Bertz CT molecular complexity index is 94.9. The van der Waals surface area contributed by atoms with E-state index in [1.807, 2.05) is 0 Å². The van der Waals surface area contributed by atoms with Crippen LogP contribution in [0.3, 0.4) is 0 Å². The van der Waals surface area contributed by atoms with Crippen molar-refractivity contribution in [3.63, 3.8) is 0 Å². The van der Waals surface area contributed by atoms with Crippen LogP contribution in [-0.4, -0.2) is 32.7 Å². The van der Waals surface area contributed by atoms with Crippen molar-refractivity contribution in [2.45, 2.75) is 25.7 Å². The zero-order chi connectivity index (χ0) is 7.40. The molecule has 1 aliphatic heterocycles. The first kappa shape index (κ1) is 7.98. The third-order valence-corrected chi connectivity index (χ3v) is 1.57. The normalized spacial score (nSPS) is 33.0. The van der Waals surface area contributed by atoms with E-state index in [2.05, 4.69) is 6.92 Å². The summed E-state index contributed by atoms with van der Waals surface area (Å²) in [6.45, 7) is 3.34. The molecule has 1 rings (SSSR count). The molecule has 1 aliphatic rings. The van der Waals surface area contributed by atoms with Gasteiger partial charge in [0, 0.05) is 7.11 Å². The van der Waals surface area contributed by atoms with Crippen LogP contribution in [-0.2, 0) is 14.2 Å². The summed E-state index contributed by atoms with van der Waals surface area (Å²) in [6, 6.07) is 0. The highest BCUT2D eigenvalue weighted by atomic mass is 16.7. The van der Waals surface area contributed by atoms with Crippen molar-refractivity contribution in [2.24, 2.45) is 0 Å². The molecule has 10 heavy (non-hydrogen) atoms. The SMILES string of the molecule is CCC1COC(COC)O1. The smallest absolute Gasteiger partial charge is 0.181 e. The first-order chi connectivity index (χ1) is 4.86. The number of hydrogen-bond donors (Lipinski definition) is 0. The predicted molar refractivity (Wildman–Crippen MR) is 36.8 cm³/mol. The molecule has 0 aliphatic carbocycles. The van der Waals surface area contributed by atoms with Crippen molar-refractivity contribution in [1.82, 2.24) is 0 Å². The van der Waals surface area contributed by atoms with Crippen LogP contribution >= 0.6 is 0 Å². The molecule has 0 aromatic rings. The molecule has 2 atom stereocenters. The molecule has 60 valence electrons. The summed E-state index contributed by atoms with van der Waals surface area (Å²) in [5.41, 5.74) is 0. The average Bonchev–Trinajstić information content (AvgIpc) is 2.37. The molecule has 0 bridgehead atoms. The molecule has 0 aromatic heterocycles. The van der Waals surface area contributed by atoms with Crippen LogP contribution in [0.25, 0.3) is 0 Å². The third-order valence-electron chi connectivity index (χ3n) is 1.57. The highest BCUT2D eigenvalue weighted by Crippen LogP contribution is 2.13. The highest BCUT2D eigenvalue weighted by Gasteiger charge is 2.23. The molecule has 1 heterocycles. The van der Waals surface area contributed by atoms with Crippen LogP contribution in [0.1, 0.15) is 13.3 Å². The maximum Gasteiger partial charge on any atom is 0.181 e. The second kappa shape index (κ2) is 3.91. The summed E-state index contributed by atoms with van der Waals surface area (Å²) in [4.78, 5) is 0. The van der Waals surface area contributed by atoms with Crippen molar-refractivity contribution in [2.75, 3.05) is 20.3 Å². The minimum absolute atomic E-state index is 0.130. The Morgan fingerprint density at radius 1 is 1.60 bits per heavy atom. The van der Waals surface area contributed by atoms with Gasteiger partial charge in [0.15, 0.2) is 6.29 Å². The number of rotatable bonds is 3. The summed E-state index contributed by atoms with van der Waals surface area (Å²) in [6.07, 6.45) is 1.16. The highest BCUT2D eigenvalue weighted by molar-refractivity contribution is 4.62. The largest absolute Gasteiger partial charge is 0.379 e. The molecule has 2 unspecified atom stereocenters. The summed E-state index contributed by atoms with van der Waals surface area (Å²) in [5, 5.41) is 0. The lowest BCUT2D eigenvalue weighted by Crippen LogP contribution is -2.16. The van der Waals surface area contributed by atoms with Crippen LogP contribution in [0.4, 0.5) is 0 Å². The summed E-state index contributed by atoms with van der Waals surface area (Å²) in [5.74, 6) is 0. The molecule has 0 spiro atoms. The maximum atomic E-state index is 5.40. The fourth-order valence-electron chi connectivity index (χ4n) is 0.945. The van der Waals surface area contributed by atoms with Gasteiger partial charge in [-0.3, -0.25) is 0 Å².